The van der Waals surface area contributed by atoms with Gasteiger partial charge in [0.25, 0.3) is 0 Å². The van der Waals surface area contributed by atoms with Crippen LogP contribution >= 0.6 is 24.0 Å². The van der Waals surface area contributed by atoms with Crippen LogP contribution in [0.4, 0.5) is 0 Å². The molecule has 3 rings (SSSR count). The van der Waals surface area contributed by atoms with Gasteiger partial charge in [-0.2, -0.15) is 0 Å². The maximum Gasteiger partial charge on any atom is 0.194 e. The fourth-order valence-corrected chi connectivity index (χ4v) is 4.09. The third-order valence-corrected chi connectivity index (χ3v) is 5.89. The average molecular weight is 499 g/mol. The number of guanidine groups is 1. The zero-order chi connectivity index (χ0) is 18.9. The molecule has 0 bridgehead atoms. The van der Waals surface area contributed by atoms with Crippen LogP contribution in [-0.2, 0) is 6.54 Å². The third-order valence-electron chi connectivity index (χ3n) is 5.89. The molecule has 2 heterocycles. The van der Waals surface area contributed by atoms with Gasteiger partial charge in [0.15, 0.2) is 5.96 Å². The fourth-order valence-electron chi connectivity index (χ4n) is 4.09. The highest BCUT2D eigenvalue weighted by Crippen LogP contribution is 2.19. The third kappa shape index (κ3) is 7.52. The lowest BCUT2D eigenvalue weighted by molar-refractivity contribution is 0.172. The van der Waals surface area contributed by atoms with Crippen molar-refractivity contribution in [1.82, 2.24) is 20.0 Å². The lowest BCUT2D eigenvalue weighted by Gasteiger charge is -2.36. The summed E-state index contributed by atoms with van der Waals surface area (Å²) in [5.74, 6) is 1.97. The second-order valence-electron chi connectivity index (χ2n) is 8.02. The Hall–Kier alpha value is -0.860. The SMILES string of the molecule is CCNC(=NCCC1CCN(C)CC1)N1CCN(Cc2ccccc2)CC1.I. The molecule has 2 aliphatic rings. The lowest BCUT2D eigenvalue weighted by atomic mass is 9.94. The Balaban J connectivity index is 0.00000280. The van der Waals surface area contributed by atoms with Crippen LogP contribution in [0, 0.1) is 5.92 Å². The van der Waals surface area contributed by atoms with Crippen LogP contribution in [0.1, 0.15) is 31.7 Å². The topological polar surface area (TPSA) is 34.1 Å². The Bertz CT molecular complexity index is 564. The van der Waals surface area contributed by atoms with E-state index in [1.807, 2.05) is 0 Å². The number of piperazine rings is 1. The van der Waals surface area contributed by atoms with E-state index < -0.39 is 0 Å². The highest BCUT2D eigenvalue weighted by Gasteiger charge is 2.20. The van der Waals surface area contributed by atoms with Crippen molar-refractivity contribution in [2.75, 3.05) is 59.4 Å². The summed E-state index contributed by atoms with van der Waals surface area (Å²) in [5.41, 5.74) is 1.41. The molecule has 1 aromatic rings. The van der Waals surface area contributed by atoms with E-state index in [4.69, 9.17) is 4.99 Å². The van der Waals surface area contributed by atoms with Crippen LogP contribution in [0.5, 0.6) is 0 Å². The number of rotatable bonds is 6. The molecule has 0 radical (unpaired) electrons. The van der Waals surface area contributed by atoms with E-state index in [-0.39, 0.29) is 24.0 Å². The molecule has 2 aliphatic heterocycles. The van der Waals surface area contributed by atoms with Crippen LogP contribution < -0.4 is 5.32 Å². The predicted octanol–water partition coefficient (Wildman–Crippen LogP) is 3.12. The molecule has 6 heteroatoms. The first-order valence-corrected chi connectivity index (χ1v) is 10.7. The quantitative estimate of drug-likeness (QED) is 0.371. The van der Waals surface area contributed by atoms with Gasteiger partial charge in [0, 0.05) is 45.8 Å². The molecule has 0 atom stereocenters. The first-order valence-electron chi connectivity index (χ1n) is 10.7. The van der Waals surface area contributed by atoms with Crippen LogP contribution in [0.2, 0.25) is 0 Å². The van der Waals surface area contributed by atoms with E-state index >= 15 is 0 Å². The van der Waals surface area contributed by atoms with Gasteiger partial charge < -0.3 is 15.1 Å². The predicted molar refractivity (Wildman–Crippen MR) is 130 cm³/mol. The highest BCUT2D eigenvalue weighted by atomic mass is 127. The summed E-state index contributed by atoms with van der Waals surface area (Å²) in [6.07, 6.45) is 3.90. The molecular formula is C22H38IN5. The van der Waals surface area contributed by atoms with Crippen molar-refractivity contribution in [2.45, 2.75) is 32.7 Å². The molecule has 28 heavy (non-hydrogen) atoms. The van der Waals surface area contributed by atoms with Crippen LogP contribution in [0.15, 0.2) is 35.3 Å². The molecule has 0 aromatic heterocycles. The van der Waals surface area contributed by atoms with Gasteiger partial charge in [-0.05, 0) is 57.8 Å². The summed E-state index contributed by atoms with van der Waals surface area (Å²) >= 11 is 0. The van der Waals surface area contributed by atoms with Gasteiger partial charge >= 0.3 is 0 Å². The fraction of sp³-hybridized carbons (Fsp3) is 0.682. The van der Waals surface area contributed by atoms with Crippen molar-refractivity contribution < 1.29 is 0 Å². The Morgan fingerprint density at radius 2 is 1.71 bits per heavy atom. The molecule has 2 saturated heterocycles. The number of nitrogens with one attached hydrogen (secondary N) is 1. The van der Waals surface area contributed by atoms with E-state index in [1.54, 1.807) is 0 Å². The summed E-state index contributed by atoms with van der Waals surface area (Å²) in [7, 11) is 2.23. The van der Waals surface area contributed by atoms with Crippen molar-refractivity contribution >= 4 is 29.9 Å². The zero-order valence-corrected chi connectivity index (χ0v) is 20.0. The zero-order valence-electron chi connectivity index (χ0n) is 17.6. The summed E-state index contributed by atoms with van der Waals surface area (Å²) in [5, 5.41) is 3.51. The number of hydrogen-bond acceptors (Lipinski definition) is 3. The minimum absolute atomic E-state index is 0. The van der Waals surface area contributed by atoms with E-state index in [0.29, 0.717) is 0 Å². The minimum Gasteiger partial charge on any atom is -0.357 e. The Kier molecular flexibility index (Phi) is 10.6. The molecule has 1 N–H and O–H groups in total. The van der Waals surface area contributed by atoms with Crippen molar-refractivity contribution in [3.63, 3.8) is 0 Å². The van der Waals surface area contributed by atoms with Gasteiger partial charge in [-0.3, -0.25) is 9.89 Å². The molecule has 0 aliphatic carbocycles. The smallest absolute Gasteiger partial charge is 0.194 e. The standard InChI is InChI=1S/C22H37N5.HI/c1-3-23-22(24-12-9-20-10-13-25(2)14-11-20)27-17-15-26(16-18-27)19-21-7-5-4-6-8-21;/h4-8,20H,3,9-19H2,1-2H3,(H,23,24);1H. The lowest BCUT2D eigenvalue weighted by Crippen LogP contribution is -2.52. The summed E-state index contributed by atoms with van der Waals surface area (Å²) < 4.78 is 0. The summed E-state index contributed by atoms with van der Waals surface area (Å²) in [6, 6.07) is 10.8. The highest BCUT2D eigenvalue weighted by molar-refractivity contribution is 14.0. The Morgan fingerprint density at radius 1 is 1.04 bits per heavy atom. The largest absolute Gasteiger partial charge is 0.357 e. The molecular weight excluding hydrogens is 461 g/mol. The van der Waals surface area contributed by atoms with Crippen LogP contribution in [-0.4, -0.2) is 80.1 Å². The van der Waals surface area contributed by atoms with Crippen molar-refractivity contribution in [3.05, 3.63) is 35.9 Å². The van der Waals surface area contributed by atoms with Crippen LogP contribution in [0.25, 0.3) is 0 Å². The minimum atomic E-state index is 0. The van der Waals surface area contributed by atoms with Gasteiger partial charge in [-0.1, -0.05) is 30.3 Å². The summed E-state index contributed by atoms with van der Waals surface area (Å²) in [4.78, 5) is 12.4. The number of halogens is 1. The Morgan fingerprint density at radius 3 is 2.36 bits per heavy atom. The molecule has 0 unspecified atom stereocenters. The molecule has 5 nitrogen and oxygen atoms in total. The Labute approximate surface area is 188 Å². The van der Waals surface area contributed by atoms with Gasteiger partial charge in [-0.25, -0.2) is 0 Å². The number of nitrogens with zero attached hydrogens (tertiary/aromatic N) is 4. The molecule has 0 amide bonds. The van der Waals surface area contributed by atoms with Gasteiger partial charge in [0.1, 0.15) is 0 Å². The summed E-state index contributed by atoms with van der Waals surface area (Å²) in [6.45, 7) is 12.0. The van der Waals surface area contributed by atoms with Gasteiger partial charge in [0.05, 0.1) is 0 Å². The maximum absolute atomic E-state index is 4.96. The van der Waals surface area contributed by atoms with Gasteiger partial charge in [-0.15, -0.1) is 24.0 Å². The van der Waals surface area contributed by atoms with Crippen molar-refractivity contribution in [3.8, 4) is 0 Å². The second-order valence-corrected chi connectivity index (χ2v) is 8.02. The number of piperidine rings is 1. The molecule has 2 fully saturated rings. The number of benzene rings is 1. The van der Waals surface area contributed by atoms with E-state index in [0.717, 1.165) is 57.7 Å². The van der Waals surface area contributed by atoms with Crippen molar-refractivity contribution in [1.29, 1.82) is 0 Å². The monoisotopic (exact) mass is 499 g/mol. The number of hydrogen-bond donors (Lipinski definition) is 1. The molecule has 1 aromatic carbocycles. The van der Waals surface area contributed by atoms with Crippen LogP contribution in [0.3, 0.4) is 0 Å². The maximum atomic E-state index is 4.96. The molecule has 0 saturated carbocycles. The van der Waals surface area contributed by atoms with Crippen molar-refractivity contribution in [2.24, 2.45) is 10.9 Å². The molecule has 0 spiro atoms. The number of likely N-dealkylation sites (tertiary alicyclic amines) is 1. The molecule has 158 valence electrons. The average Bonchev–Trinajstić information content (AvgIpc) is 2.70. The number of aliphatic imine (C=N–C) groups is 1. The van der Waals surface area contributed by atoms with E-state index in [1.165, 1.54) is 37.9 Å². The van der Waals surface area contributed by atoms with E-state index in [9.17, 15) is 0 Å². The first-order chi connectivity index (χ1) is 13.2. The first kappa shape index (κ1) is 23.4. The normalized spacial score (nSPS) is 20.1. The van der Waals surface area contributed by atoms with E-state index in [2.05, 4.69) is 64.3 Å². The second kappa shape index (κ2) is 12.6. The van der Waals surface area contributed by atoms with Gasteiger partial charge in [0.2, 0.25) is 0 Å².